The van der Waals surface area contributed by atoms with Crippen molar-refractivity contribution in [2.75, 3.05) is 24.5 Å². The lowest BCUT2D eigenvalue weighted by Gasteiger charge is -2.30. The average Bonchev–Trinajstić information content (AvgIpc) is 3.34. The Hall–Kier alpha value is -2.96. The first kappa shape index (κ1) is 16.2. The predicted octanol–water partition coefficient (Wildman–Crippen LogP) is 2.75. The number of nitrogens with zero attached hydrogens (tertiary/aromatic N) is 4. The van der Waals surface area contributed by atoms with Crippen molar-refractivity contribution in [2.24, 2.45) is 11.8 Å². The monoisotopic (exact) mass is 365 g/mol. The van der Waals surface area contributed by atoms with E-state index in [1.165, 1.54) is 6.07 Å². The summed E-state index contributed by atoms with van der Waals surface area (Å²) >= 11 is 0. The number of halogens is 1. The highest BCUT2D eigenvalue weighted by atomic mass is 19.1. The molecule has 6 nitrogen and oxygen atoms in total. The molecule has 0 saturated carbocycles. The van der Waals surface area contributed by atoms with E-state index in [1.807, 2.05) is 17.0 Å². The molecule has 1 amide bonds. The summed E-state index contributed by atoms with van der Waals surface area (Å²) in [6.07, 6.45) is 3.59. The first-order chi connectivity index (χ1) is 13.1. The number of pyridine rings is 1. The van der Waals surface area contributed by atoms with Crippen molar-refractivity contribution < 1.29 is 9.18 Å². The Morgan fingerprint density at radius 2 is 2.15 bits per heavy atom. The Labute approximate surface area is 156 Å². The summed E-state index contributed by atoms with van der Waals surface area (Å²) in [6.45, 7) is 3.99. The number of hydrogen-bond acceptors (Lipinski definition) is 4. The van der Waals surface area contributed by atoms with E-state index in [1.54, 1.807) is 31.5 Å². The molecule has 2 saturated heterocycles. The Morgan fingerprint density at radius 3 is 2.96 bits per heavy atom. The van der Waals surface area contributed by atoms with E-state index in [9.17, 15) is 9.18 Å². The zero-order valence-corrected chi connectivity index (χ0v) is 15.0. The van der Waals surface area contributed by atoms with Gasteiger partial charge in [-0.25, -0.2) is 9.37 Å². The SMILES string of the molecule is CC(=O)N1C[C@H]2CN(c3ccnc4[nH]ncc34)C[C@H]2[C@@H]1c1cccc(F)c1. The van der Waals surface area contributed by atoms with Crippen LogP contribution < -0.4 is 4.90 Å². The van der Waals surface area contributed by atoms with Crippen molar-refractivity contribution in [3.05, 3.63) is 54.1 Å². The molecule has 138 valence electrons. The molecule has 0 bridgehead atoms. The van der Waals surface area contributed by atoms with Crippen LogP contribution in [0.4, 0.5) is 10.1 Å². The summed E-state index contributed by atoms with van der Waals surface area (Å²) in [5, 5.41) is 8.02. The van der Waals surface area contributed by atoms with Gasteiger partial charge in [0.25, 0.3) is 0 Å². The average molecular weight is 365 g/mol. The molecule has 2 aromatic heterocycles. The van der Waals surface area contributed by atoms with E-state index in [0.717, 1.165) is 35.4 Å². The van der Waals surface area contributed by atoms with Gasteiger partial charge in [-0.05, 0) is 23.8 Å². The van der Waals surface area contributed by atoms with Crippen LogP contribution in [-0.4, -0.2) is 45.6 Å². The van der Waals surface area contributed by atoms with Gasteiger partial charge in [-0.3, -0.25) is 9.89 Å². The van der Waals surface area contributed by atoms with Crippen LogP contribution in [0.25, 0.3) is 11.0 Å². The molecular formula is C20H20FN5O. The standard InChI is InChI=1S/C20H20FN5O/c1-12(27)26-10-14-9-25(18-5-6-22-20-16(18)8-23-24-20)11-17(14)19(26)13-3-2-4-15(21)7-13/h2-8,14,17,19H,9-11H2,1H3,(H,22,23,24)/t14-,17-,19+/m1/s1. The van der Waals surface area contributed by atoms with Crippen molar-refractivity contribution in [3.63, 3.8) is 0 Å². The molecule has 3 atom stereocenters. The third-order valence-corrected chi connectivity index (χ3v) is 5.93. The maximum absolute atomic E-state index is 13.8. The van der Waals surface area contributed by atoms with Gasteiger partial charge in [0, 0.05) is 44.6 Å². The Kier molecular flexibility index (Phi) is 3.63. The van der Waals surface area contributed by atoms with Crippen LogP contribution in [0.5, 0.6) is 0 Å². The largest absolute Gasteiger partial charge is 0.370 e. The molecule has 27 heavy (non-hydrogen) atoms. The fourth-order valence-corrected chi connectivity index (χ4v) is 4.80. The lowest BCUT2D eigenvalue weighted by Crippen LogP contribution is -2.34. The second-order valence-corrected chi connectivity index (χ2v) is 7.46. The van der Waals surface area contributed by atoms with Crippen LogP contribution in [0.15, 0.2) is 42.7 Å². The molecule has 7 heteroatoms. The minimum absolute atomic E-state index is 0.0475. The number of nitrogens with one attached hydrogen (secondary N) is 1. The first-order valence-electron chi connectivity index (χ1n) is 9.17. The van der Waals surface area contributed by atoms with Gasteiger partial charge in [-0.15, -0.1) is 0 Å². The molecule has 0 spiro atoms. The van der Waals surface area contributed by atoms with E-state index in [-0.39, 0.29) is 23.7 Å². The fraction of sp³-hybridized carbons (Fsp3) is 0.350. The Morgan fingerprint density at radius 1 is 1.26 bits per heavy atom. The molecule has 1 aromatic carbocycles. The molecule has 2 aliphatic heterocycles. The van der Waals surface area contributed by atoms with Crippen LogP contribution in [0.2, 0.25) is 0 Å². The number of hydrogen-bond donors (Lipinski definition) is 1. The minimum atomic E-state index is -0.261. The van der Waals surface area contributed by atoms with Gasteiger partial charge in [-0.1, -0.05) is 12.1 Å². The van der Waals surface area contributed by atoms with Crippen LogP contribution in [-0.2, 0) is 4.79 Å². The summed E-state index contributed by atoms with van der Waals surface area (Å²) < 4.78 is 13.8. The molecule has 1 N–H and O–H groups in total. The molecular weight excluding hydrogens is 345 g/mol. The topological polar surface area (TPSA) is 65.1 Å². The number of aromatic nitrogens is 3. The van der Waals surface area contributed by atoms with Crippen molar-refractivity contribution in [2.45, 2.75) is 13.0 Å². The lowest BCUT2D eigenvalue weighted by atomic mass is 9.89. The van der Waals surface area contributed by atoms with E-state index in [0.29, 0.717) is 12.5 Å². The third kappa shape index (κ3) is 2.57. The van der Waals surface area contributed by atoms with Gasteiger partial charge in [0.1, 0.15) is 5.82 Å². The molecule has 2 aliphatic rings. The first-order valence-corrected chi connectivity index (χ1v) is 9.17. The van der Waals surface area contributed by atoms with Crippen LogP contribution in [0.3, 0.4) is 0 Å². The normalized spacial score (nSPS) is 24.6. The molecule has 0 aliphatic carbocycles. The van der Waals surface area contributed by atoms with Gasteiger partial charge in [-0.2, -0.15) is 5.10 Å². The summed E-state index contributed by atoms with van der Waals surface area (Å²) in [7, 11) is 0. The summed E-state index contributed by atoms with van der Waals surface area (Å²) in [5.41, 5.74) is 2.76. The summed E-state index contributed by atoms with van der Waals surface area (Å²) in [6, 6.07) is 8.58. The molecule has 3 aromatic rings. The van der Waals surface area contributed by atoms with E-state index in [2.05, 4.69) is 20.1 Å². The Bertz CT molecular complexity index is 1020. The van der Waals surface area contributed by atoms with Crippen LogP contribution >= 0.6 is 0 Å². The number of amides is 1. The van der Waals surface area contributed by atoms with Crippen molar-refractivity contribution in [3.8, 4) is 0 Å². The molecule has 4 heterocycles. The molecule has 5 rings (SSSR count). The molecule has 0 radical (unpaired) electrons. The zero-order chi connectivity index (χ0) is 18.5. The van der Waals surface area contributed by atoms with Crippen molar-refractivity contribution in [1.29, 1.82) is 0 Å². The minimum Gasteiger partial charge on any atom is -0.370 e. The molecule has 2 fully saturated rings. The van der Waals surface area contributed by atoms with Gasteiger partial charge in [0.05, 0.1) is 23.3 Å². The van der Waals surface area contributed by atoms with Crippen molar-refractivity contribution >= 4 is 22.6 Å². The molecule has 0 unspecified atom stereocenters. The maximum atomic E-state index is 13.8. The second-order valence-electron chi connectivity index (χ2n) is 7.46. The number of aromatic amines is 1. The number of H-pyrrole nitrogens is 1. The highest BCUT2D eigenvalue weighted by Gasteiger charge is 2.48. The van der Waals surface area contributed by atoms with E-state index in [4.69, 9.17) is 0 Å². The van der Waals surface area contributed by atoms with E-state index >= 15 is 0 Å². The fourth-order valence-electron chi connectivity index (χ4n) is 4.80. The van der Waals surface area contributed by atoms with Gasteiger partial charge >= 0.3 is 0 Å². The number of likely N-dealkylation sites (tertiary alicyclic amines) is 1. The highest BCUT2D eigenvalue weighted by molar-refractivity contribution is 5.88. The number of rotatable bonds is 2. The highest BCUT2D eigenvalue weighted by Crippen LogP contribution is 2.46. The number of carbonyl (C=O) groups is 1. The number of fused-ring (bicyclic) bond motifs is 2. The maximum Gasteiger partial charge on any atom is 0.219 e. The Balaban J connectivity index is 1.50. The summed E-state index contributed by atoms with van der Waals surface area (Å²) in [5.74, 6) is 0.415. The number of anilines is 1. The summed E-state index contributed by atoms with van der Waals surface area (Å²) in [4.78, 5) is 20.8. The predicted molar refractivity (Wildman–Crippen MR) is 99.6 cm³/mol. The van der Waals surface area contributed by atoms with Gasteiger partial charge < -0.3 is 9.80 Å². The third-order valence-electron chi connectivity index (χ3n) is 5.93. The van der Waals surface area contributed by atoms with Gasteiger partial charge in [0.15, 0.2) is 5.65 Å². The quantitative estimate of drug-likeness (QED) is 0.758. The zero-order valence-electron chi connectivity index (χ0n) is 15.0. The van der Waals surface area contributed by atoms with Gasteiger partial charge in [0.2, 0.25) is 5.91 Å². The second kappa shape index (κ2) is 6.04. The van der Waals surface area contributed by atoms with Crippen LogP contribution in [0.1, 0.15) is 18.5 Å². The van der Waals surface area contributed by atoms with E-state index < -0.39 is 0 Å². The van der Waals surface area contributed by atoms with Crippen molar-refractivity contribution in [1.82, 2.24) is 20.1 Å². The van der Waals surface area contributed by atoms with Crippen LogP contribution in [0, 0.1) is 17.7 Å². The lowest BCUT2D eigenvalue weighted by molar-refractivity contribution is -0.130. The number of benzene rings is 1. The smallest absolute Gasteiger partial charge is 0.219 e. The number of carbonyl (C=O) groups excluding carboxylic acids is 1.